The van der Waals surface area contributed by atoms with Crippen LogP contribution in [0, 0.1) is 11.8 Å². The van der Waals surface area contributed by atoms with Gasteiger partial charge < -0.3 is 26.4 Å². The predicted molar refractivity (Wildman–Crippen MR) is 178 cm³/mol. The summed E-state index contributed by atoms with van der Waals surface area (Å²) < 4.78 is 42.7. The largest absolute Gasteiger partial charge is 0.417 e. The Kier molecular flexibility index (Phi) is 8.90. The van der Waals surface area contributed by atoms with Crippen molar-refractivity contribution < 1.29 is 22.8 Å². The highest BCUT2D eigenvalue weighted by Gasteiger charge is 2.37. The SMILES string of the molecule is CC(C)c1nc2cc(-c3ccc(C[C@@H](C(N)=O)N(C(=O)C4CCC(CN)CC4)c4ccc5[nH]c(=O)[nH]c5c4)cc3)c(C(F)(F)F)cc2[nH]1. The van der Waals surface area contributed by atoms with Crippen molar-refractivity contribution in [2.45, 2.75) is 64.1 Å². The zero-order valence-electron chi connectivity index (χ0n) is 26.7. The molecule has 1 fully saturated rings. The number of benzene rings is 3. The molecule has 1 atom stereocenters. The molecule has 10 nitrogen and oxygen atoms in total. The second-order valence-corrected chi connectivity index (χ2v) is 13.0. The summed E-state index contributed by atoms with van der Waals surface area (Å²) in [6, 6.07) is 12.8. The number of fused-ring (bicyclic) bond motifs is 2. The highest BCUT2D eigenvalue weighted by Crippen LogP contribution is 2.40. The number of imidazole rings is 2. The van der Waals surface area contributed by atoms with E-state index in [1.54, 1.807) is 42.5 Å². The number of primary amides is 1. The number of aromatic nitrogens is 4. The van der Waals surface area contributed by atoms with Crippen molar-refractivity contribution >= 4 is 39.6 Å². The van der Waals surface area contributed by atoms with Gasteiger partial charge in [-0.1, -0.05) is 38.1 Å². The fourth-order valence-corrected chi connectivity index (χ4v) is 6.66. The van der Waals surface area contributed by atoms with Crippen LogP contribution in [-0.4, -0.2) is 44.3 Å². The molecule has 5 aromatic rings. The number of alkyl halides is 3. The summed E-state index contributed by atoms with van der Waals surface area (Å²) in [6.45, 7) is 4.35. The van der Waals surface area contributed by atoms with E-state index >= 15 is 0 Å². The Bertz CT molecular complexity index is 2020. The van der Waals surface area contributed by atoms with Crippen LogP contribution >= 0.6 is 0 Å². The average Bonchev–Trinajstić information content (AvgIpc) is 3.66. The van der Waals surface area contributed by atoms with Gasteiger partial charge >= 0.3 is 11.9 Å². The average molecular weight is 662 g/mol. The van der Waals surface area contributed by atoms with Crippen LogP contribution in [0.2, 0.25) is 0 Å². The molecule has 48 heavy (non-hydrogen) atoms. The van der Waals surface area contributed by atoms with Crippen LogP contribution in [0.1, 0.15) is 62.4 Å². The maximum Gasteiger partial charge on any atom is 0.417 e. The molecule has 1 saturated carbocycles. The van der Waals surface area contributed by atoms with Crippen molar-refractivity contribution in [3.05, 3.63) is 82.0 Å². The molecule has 0 aliphatic heterocycles. The minimum atomic E-state index is -4.61. The summed E-state index contributed by atoms with van der Waals surface area (Å²) in [6.07, 6.45) is -1.80. The van der Waals surface area contributed by atoms with E-state index in [0.717, 1.165) is 18.9 Å². The van der Waals surface area contributed by atoms with Gasteiger partial charge in [0.1, 0.15) is 11.9 Å². The zero-order chi connectivity index (χ0) is 34.3. The molecule has 2 amide bonds. The third-order valence-electron chi connectivity index (χ3n) is 9.37. The maximum absolute atomic E-state index is 14.2. The van der Waals surface area contributed by atoms with E-state index in [-0.39, 0.29) is 29.7 Å². The predicted octanol–water partition coefficient (Wildman–Crippen LogP) is 5.74. The Morgan fingerprint density at radius 2 is 1.62 bits per heavy atom. The number of nitrogens with zero attached hydrogens (tertiary/aromatic N) is 2. The fraction of sp³-hybridized carbons (Fsp3) is 0.371. The first-order valence-electron chi connectivity index (χ1n) is 16.1. The van der Waals surface area contributed by atoms with Gasteiger partial charge in [0.2, 0.25) is 11.8 Å². The van der Waals surface area contributed by atoms with Gasteiger partial charge in [-0.3, -0.25) is 14.5 Å². The normalized spacial score (nSPS) is 17.6. The van der Waals surface area contributed by atoms with Crippen molar-refractivity contribution in [1.82, 2.24) is 19.9 Å². The lowest BCUT2D eigenvalue weighted by atomic mass is 9.81. The number of amides is 2. The van der Waals surface area contributed by atoms with Gasteiger partial charge in [-0.2, -0.15) is 13.2 Å². The van der Waals surface area contributed by atoms with Crippen LogP contribution in [0.4, 0.5) is 18.9 Å². The Balaban J connectivity index is 1.35. The number of carbonyl (C=O) groups is 2. The first-order valence-corrected chi connectivity index (χ1v) is 16.1. The van der Waals surface area contributed by atoms with Crippen molar-refractivity contribution in [1.29, 1.82) is 0 Å². The van der Waals surface area contributed by atoms with Crippen molar-refractivity contribution in [2.24, 2.45) is 23.3 Å². The Morgan fingerprint density at radius 3 is 2.25 bits per heavy atom. The highest BCUT2D eigenvalue weighted by molar-refractivity contribution is 6.02. The molecule has 0 bridgehead atoms. The standard InChI is InChI=1S/C35H38F3N7O3/c1-18(2)32-41-28-15-24(25(35(36,37)38)16-29(28)42-32)21-7-3-19(4-8-21)13-30(31(40)46)45(33(47)22-9-5-20(17-39)6-10-22)23-11-12-26-27(14-23)44-34(48)43-26/h3-4,7-8,11-12,14-16,18,20,22,30H,5-6,9-10,13,17,39H2,1-2H3,(H2,40,46)(H,41,42)(H2,43,44,48)/t20?,22?,30-/m0/s1. The van der Waals surface area contributed by atoms with Gasteiger partial charge in [0.05, 0.1) is 27.6 Å². The summed E-state index contributed by atoms with van der Waals surface area (Å²) >= 11 is 0. The maximum atomic E-state index is 14.2. The van der Waals surface area contributed by atoms with Gasteiger partial charge in [-0.05, 0) is 85.2 Å². The van der Waals surface area contributed by atoms with E-state index in [9.17, 15) is 27.6 Å². The molecule has 2 aromatic heterocycles. The number of H-pyrrole nitrogens is 3. The first-order chi connectivity index (χ1) is 22.8. The molecular weight excluding hydrogens is 623 g/mol. The van der Waals surface area contributed by atoms with Crippen LogP contribution in [-0.2, 0) is 22.2 Å². The first kappa shape index (κ1) is 33.0. The summed E-state index contributed by atoms with van der Waals surface area (Å²) in [5.74, 6) is -0.421. The van der Waals surface area contributed by atoms with E-state index in [2.05, 4.69) is 19.9 Å². The summed E-state index contributed by atoms with van der Waals surface area (Å²) in [7, 11) is 0. The van der Waals surface area contributed by atoms with Gasteiger partial charge in [-0.25, -0.2) is 9.78 Å². The Hall–Kier alpha value is -4.91. The lowest BCUT2D eigenvalue weighted by molar-refractivity contribution is -0.137. The van der Waals surface area contributed by atoms with Gasteiger partial charge in [0.25, 0.3) is 0 Å². The van der Waals surface area contributed by atoms with Gasteiger partial charge in [0, 0.05) is 23.9 Å². The lowest BCUT2D eigenvalue weighted by Gasteiger charge is -2.35. The number of nitrogens with one attached hydrogen (secondary N) is 3. The molecule has 1 aliphatic carbocycles. The molecule has 3 aromatic carbocycles. The smallest absolute Gasteiger partial charge is 0.368 e. The number of aromatic amines is 3. The fourth-order valence-electron chi connectivity index (χ4n) is 6.66. The molecule has 0 unspecified atom stereocenters. The monoisotopic (exact) mass is 661 g/mol. The van der Waals surface area contributed by atoms with E-state index in [1.807, 2.05) is 13.8 Å². The van der Waals surface area contributed by atoms with Crippen molar-refractivity contribution in [3.8, 4) is 11.1 Å². The van der Waals surface area contributed by atoms with Crippen molar-refractivity contribution in [2.75, 3.05) is 11.4 Å². The van der Waals surface area contributed by atoms with Crippen LogP contribution in [0.15, 0.2) is 59.4 Å². The third-order valence-corrected chi connectivity index (χ3v) is 9.37. The number of nitrogens with two attached hydrogens (primary N) is 2. The van der Waals surface area contributed by atoms with Crippen LogP contribution < -0.4 is 22.1 Å². The van der Waals surface area contributed by atoms with E-state index in [4.69, 9.17) is 11.5 Å². The molecule has 0 saturated heterocycles. The second-order valence-electron chi connectivity index (χ2n) is 13.0. The number of halogens is 3. The topological polar surface area (TPSA) is 167 Å². The molecule has 1 aliphatic rings. The molecule has 13 heteroatoms. The zero-order valence-corrected chi connectivity index (χ0v) is 26.7. The summed E-state index contributed by atoms with van der Waals surface area (Å²) in [4.78, 5) is 53.5. The highest BCUT2D eigenvalue weighted by atomic mass is 19.4. The number of rotatable bonds is 9. The van der Waals surface area contributed by atoms with Crippen LogP contribution in [0.3, 0.4) is 0 Å². The van der Waals surface area contributed by atoms with Crippen LogP contribution in [0.5, 0.6) is 0 Å². The number of anilines is 1. The lowest BCUT2D eigenvalue weighted by Crippen LogP contribution is -2.52. The van der Waals surface area contributed by atoms with Crippen LogP contribution in [0.25, 0.3) is 33.2 Å². The number of hydrogen-bond donors (Lipinski definition) is 5. The van der Waals surface area contributed by atoms with Gasteiger partial charge in [0.15, 0.2) is 0 Å². The van der Waals surface area contributed by atoms with Crippen molar-refractivity contribution in [3.63, 3.8) is 0 Å². The second kappa shape index (κ2) is 12.9. The van der Waals surface area contributed by atoms with E-state index < -0.39 is 29.4 Å². The minimum absolute atomic E-state index is 0.00677. The molecular formula is C35H38F3N7O3. The third kappa shape index (κ3) is 6.59. The Morgan fingerprint density at radius 1 is 0.938 bits per heavy atom. The van der Waals surface area contributed by atoms with E-state index in [0.29, 0.717) is 70.0 Å². The Labute approximate surface area is 274 Å². The molecule has 0 spiro atoms. The number of carbonyl (C=O) groups excluding carboxylic acids is 2. The molecule has 7 N–H and O–H groups in total. The summed E-state index contributed by atoms with van der Waals surface area (Å²) in [5, 5.41) is 0. The molecule has 2 heterocycles. The minimum Gasteiger partial charge on any atom is -0.368 e. The molecule has 0 radical (unpaired) electrons. The van der Waals surface area contributed by atoms with Gasteiger partial charge in [-0.15, -0.1) is 0 Å². The quantitative estimate of drug-likeness (QED) is 0.136. The number of hydrogen-bond acceptors (Lipinski definition) is 5. The van der Waals surface area contributed by atoms with E-state index in [1.165, 1.54) is 11.0 Å². The molecule has 6 rings (SSSR count). The molecule has 252 valence electrons. The summed E-state index contributed by atoms with van der Waals surface area (Å²) in [5.41, 5.74) is 13.7.